The van der Waals surface area contributed by atoms with E-state index >= 15 is 0 Å². The van der Waals surface area contributed by atoms with Gasteiger partial charge < -0.3 is 13.7 Å². The Morgan fingerprint density at radius 1 is 1.00 bits per heavy atom. The SMILES string of the molecule is O=C(CSCc1cccc(Cl)c1)N(Cc1ccco1)Cc1ccco1. The zero-order chi connectivity index (χ0) is 17.5. The second-order valence-corrected chi connectivity index (χ2v) is 6.95. The van der Waals surface area contributed by atoms with Crippen molar-refractivity contribution in [2.45, 2.75) is 18.8 Å². The normalized spacial score (nSPS) is 10.8. The van der Waals surface area contributed by atoms with Crippen LogP contribution < -0.4 is 0 Å². The summed E-state index contributed by atoms with van der Waals surface area (Å²) < 4.78 is 10.7. The minimum absolute atomic E-state index is 0.0415. The highest BCUT2D eigenvalue weighted by atomic mass is 35.5. The number of rotatable bonds is 8. The summed E-state index contributed by atoms with van der Waals surface area (Å²) in [7, 11) is 0. The molecule has 130 valence electrons. The van der Waals surface area contributed by atoms with E-state index in [2.05, 4.69) is 0 Å². The molecular weight excluding hydrogens is 358 g/mol. The van der Waals surface area contributed by atoms with Gasteiger partial charge in [0, 0.05) is 10.8 Å². The number of carbonyl (C=O) groups excluding carboxylic acids is 1. The third kappa shape index (κ3) is 5.44. The second kappa shape index (κ2) is 8.83. The van der Waals surface area contributed by atoms with Crippen LogP contribution in [0.2, 0.25) is 5.02 Å². The minimum Gasteiger partial charge on any atom is -0.467 e. The highest BCUT2D eigenvalue weighted by Crippen LogP contribution is 2.18. The van der Waals surface area contributed by atoms with Crippen molar-refractivity contribution < 1.29 is 13.6 Å². The topological polar surface area (TPSA) is 46.6 Å². The molecule has 1 amide bonds. The van der Waals surface area contributed by atoms with Crippen LogP contribution in [0.5, 0.6) is 0 Å². The van der Waals surface area contributed by atoms with Crippen LogP contribution in [0.1, 0.15) is 17.1 Å². The van der Waals surface area contributed by atoms with E-state index < -0.39 is 0 Å². The number of nitrogens with zero attached hydrogens (tertiary/aromatic N) is 1. The lowest BCUT2D eigenvalue weighted by Gasteiger charge is -2.20. The number of carbonyl (C=O) groups is 1. The van der Waals surface area contributed by atoms with Gasteiger partial charge in [-0.3, -0.25) is 4.79 Å². The summed E-state index contributed by atoms with van der Waals surface area (Å²) in [5.41, 5.74) is 1.11. The molecule has 0 unspecified atom stereocenters. The first-order valence-corrected chi connectivity index (χ1v) is 9.39. The summed E-state index contributed by atoms with van der Waals surface area (Å²) >= 11 is 7.56. The van der Waals surface area contributed by atoms with Crippen molar-refractivity contribution >= 4 is 29.3 Å². The van der Waals surface area contributed by atoms with Gasteiger partial charge in [0.2, 0.25) is 5.91 Å². The monoisotopic (exact) mass is 375 g/mol. The van der Waals surface area contributed by atoms with E-state index in [9.17, 15) is 4.79 Å². The van der Waals surface area contributed by atoms with Crippen LogP contribution in [0, 0.1) is 0 Å². The smallest absolute Gasteiger partial charge is 0.233 e. The predicted molar refractivity (Wildman–Crippen MR) is 99.3 cm³/mol. The van der Waals surface area contributed by atoms with Gasteiger partial charge in [-0.1, -0.05) is 23.7 Å². The van der Waals surface area contributed by atoms with Crippen LogP contribution in [-0.4, -0.2) is 16.6 Å². The molecule has 0 aliphatic carbocycles. The maximum atomic E-state index is 12.6. The third-order valence-corrected chi connectivity index (χ3v) is 4.81. The van der Waals surface area contributed by atoms with Crippen LogP contribution in [0.4, 0.5) is 0 Å². The van der Waals surface area contributed by atoms with Crippen molar-refractivity contribution in [1.29, 1.82) is 0 Å². The number of hydrogen-bond donors (Lipinski definition) is 0. The summed E-state index contributed by atoms with van der Waals surface area (Å²) in [6, 6.07) is 15.0. The Morgan fingerprint density at radius 2 is 1.68 bits per heavy atom. The Kier molecular flexibility index (Phi) is 6.25. The van der Waals surface area contributed by atoms with Crippen LogP contribution in [0.25, 0.3) is 0 Å². The van der Waals surface area contributed by atoms with E-state index in [1.54, 1.807) is 29.2 Å². The Balaban J connectivity index is 1.58. The number of benzene rings is 1. The molecule has 0 fully saturated rings. The standard InChI is InChI=1S/C19H18ClNO3S/c20-16-5-1-4-15(10-16)13-25-14-19(22)21(11-17-6-2-8-23-17)12-18-7-3-9-24-18/h1-10H,11-14H2. The van der Waals surface area contributed by atoms with Gasteiger partial charge >= 0.3 is 0 Å². The van der Waals surface area contributed by atoms with Crippen LogP contribution >= 0.6 is 23.4 Å². The molecule has 0 spiro atoms. The third-order valence-electron chi connectivity index (χ3n) is 3.59. The average Bonchev–Trinajstić information content (AvgIpc) is 3.28. The van der Waals surface area contributed by atoms with Gasteiger partial charge in [-0.25, -0.2) is 0 Å². The zero-order valence-electron chi connectivity index (χ0n) is 13.6. The zero-order valence-corrected chi connectivity index (χ0v) is 15.1. The number of amides is 1. The lowest BCUT2D eigenvalue weighted by atomic mass is 10.2. The fraction of sp³-hybridized carbons (Fsp3) is 0.211. The van der Waals surface area contributed by atoms with Gasteiger partial charge in [-0.05, 0) is 42.0 Å². The van der Waals surface area contributed by atoms with Crippen molar-refractivity contribution in [1.82, 2.24) is 4.90 Å². The summed E-state index contributed by atoms with van der Waals surface area (Å²) in [5.74, 6) is 2.66. The lowest BCUT2D eigenvalue weighted by molar-refractivity contribution is -0.130. The fourth-order valence-corrected chi connectivity index (χ4v) is 3.48. The van der Waals surface area contributed by atoms with Gasteiger partial charge in [0.05, 0.1) is 31.4 Å². The largest absolute Gasteiger partial charge is 0.467 e. The molecule has 3 rings (SSSR count). The van der Waals surface area contributed by atoms with Crippen molar-refractivity contribution in [2.75, 3.05) is 5.75 Å². The molecule has 0 radical (unpaired) electrons. The van der Waals surface area contributed by atoms with Gasteiger partial charge in [-0.2, -0.15) is 0 Å². The maximum absolute atomic E-state index is 12.6. The first-order chi connectivity index (χ1) is 12.2. The van der Waals surface area contributed by atoms with E-state index in [-0.39, 0.29) is 5.91 Å². The quantitative estimate of drug-likeness (QED) is 0.556. The van der Waals surface area contributed by atoms with E-state index in [4.69, 9.17) is 20.4 Å². The van der Waals surface area contributed by atoms with Gasteiger partial charge in [0.15, 0.2) is 0 Å². The molecule has 2 heterocycles. The molecule has 6 heteroatoms. The molecule has 0 atom stereocenters. The Labute approximate surface area is 155 Å². The number of hydrogen-bond acceptors (Lipinski definition) is 4. The first-order valence-electron chi connectivity index (χ1n) is 7.85. The molecule has 25 heavy (non-hydrogen) atoms. The lowest BCUT2D eigenvalue weighted by Crippen LogP contribution is -2.31. The Bertz CT molecular complexity index is 751. The number of halogens is 1. The predicted octanol–water partition coefficient (Wildman–Crippen LogP) is 4.99. The van der Waals surface area contributed by atoms with Crippen molar-refractivity contribution in [3.05, 3.63) is 83.2 Å². The molecule has 0 bridgehead atoms. The molecule has 1 aromatic carbocycles. The summed E-state index contributed by atoms with van der Waals surface area (Å²) in [5, 5.41) is 0.710. The van der Waals surface area contributed by atoms with Crippen LogP contribution in [0.15, 0.2) is 69.9 Å². The molecule has 3 aromatic rings. The fourth-order valence-electron chi connectivity index (χ4n) is 2.39. The van der Waals surface area contributed by atoms with E-state index in [1.165, 1.54) is 0 Å². The number of furan rings is 2. The molecule has 0 aliphatic heterocycles. The van der Waals surface area contributed by atoms with Crippen molar-refractivity contribution in [2.24, 2.45) is 0 Å². The highest BCUT2D eigenvalue weighted by Gasteiger charge is 2.17. The van der Waals surface area contributed by atoms with Gasteiger partial charge in [0.25, 0.3) is 0 Å². The summed E-state index contributed by atoms with van der Waals surface area (Å²) in [4.78, 5) is 14.4. The van der Waals surface area contributed by atoms with Crippen LogP contribution in [-0.2, 0) is 23.6 Å². The highest BCUT2D eigenvalue weighted by molar-refractivity contribution is 7.99. The molecule has 4 nitrogen and oxygen atoms in total. The molecule has 0 saturated carbocycles. The average molecular weight is 376 g/mol. The van der Waals surface area contributed by atoms with E-state index in [0.29, 0.717) is 23.9 Å². The van der Waals surface area contributed by atoms with Gasteiger partial charge in [0.1, 0.15) is 11.5 Å². The second-order valence-electron chi connectivity index (χ2n) is 5.53. The molecule has 0 saturated heterocycles. The van der Waals surface area contributed by atoms with Crippen molar-refractivity contribution in [3.8, 4) is 0 Å². The minimum atomic E-state index is 0.0415. The first kappa shape index (κ1) is 17.7. The Morgan fingerprint density at radius 3 is 2.24 bits per heavy atom. The summed E-state index contributed by atoms with van der Waals surface area (Å²) in [6.07, 6.45) is 3.22. The maximum Gasteiger partial charge on any atom is 0.233 e. The van der Waals surface area contributed by atoms with E-state index in [0.717, 1.165) is 22.8 Å². The Hall–Kier alpha value is -2.11. The summed E-state index contributed by atoms with van der Waals surface area (Å²) in [6.45, 7) is 0.842. The van der Waals surface area contributed by atoms with Gasteiger partial charge in [-0.15, -0.1) is 11.8 Å². The van der Waals surface area contributed by atoms with E-state index in [1.807, 2.05) is 48.5 Å². The molecule has 0 aliphatic rings. The van der Waals surface area contributed by atoms with Crippen molar-refractivity contribution in [3.63, 3.8) is 0 Å². The molecular formula is C19H18ClNO3S. The number of thioether (sulfide) groups is 1. The van der Waals surface area contributed by atoms with Crippen LogP contribution in [0.3, 0.4) is 0 Å². The molecule has 0 N–H and O–H groups in total. The molecule has 2 aromatic heterocycles.